The SMILES string of the molecule is Cc1nc2ncc(-c3c[nH]c4ncc(C5=CCN(C)CC5)cc34)cc2n1C(C)C. The molecule has 4 aromatic rings. The van der Waals surface area contributed by atoms with Gasteiger partial charge >= 0.3 is 0 Å². The molecule has 0 atom stereocenters. The van der Waals surface area contributed by atoms with Crippen LogP contribution in [0.25, 0.3) is 38.9 Å². The first-order valence-corrected chi connectivity index (χ1v) is 10.2. The van der Waals surface area contributed by atoms with Gasteiger partial charge in [0.1, 0.15) is 11.5 Å². The summed E-state index contributed by atoms with van der Waals surface area (Å²) in [6.45, 7) is 8.48. The first kappa shape index (κ1) is 18.1. The molecule has 1 aliphatic heterocycles. The minimum Gasteiger partial charge on any atom is -0.346 e. The zero-order chi connectivity index (χ0) is 20.1. The summed E-state index contributed by atoms with van der Waals surface area (Å²) >= 11 is 0. The Morgan fingerprint density at radius 2 is 1.93 bits per heavy atom. The lowest BCUT2D eigenvalue weighted by Gasteiger charge is -2.21. The number of nitrogens with zero attached hydrogens (tertiary/aromatic N) is 5. The van der Waals surface area contributed by atoms with E-state index in [0.717, 1.165) is 58.7 Å². The number of aromatic amines is 1. The lowest BCUT2D eigenvalue weighted by molar-refractivity contribution is 0.370. The fourth-order valence-electron chi connectivity index (χ4n) is 4.34. The average molecular weight is 387 g/mol. The second-order valence-corrected chi connectivity index (χ2v) is 8.25. The summed E-state index contributed by atoms with van der Waals surface area (Å²) in [6.07, 6.45) is 9.32. The molecule has 0 saturated carbocycles. The van der Waals surface area contributed by atoms with Crippen LogP contribution < -0.4 is 0 Å². The maximum absolute atomic E-state index is 4.69. The first-order chi connectivity index (χ1) is 14.0. The van der Waals surface area contributed by atoms with E-state index in [1.54, 1.807) is 0 Å². The van der Waals surface area contributed by atoms with Crippen molar-refractivity contribution in [2.45, 2.75) is 33.2 Å². The number of H-pyrrole nitrogens is 1. The van der Waals surface area contributed by atoms with Crippen molar-refractivity contribution in [1.29, 1.82) is 0 Å². The number of hydrogen-bond acceptors (Lipinski definition) is 4. The zero-order valence-corrected chi connectivity index (χ0v) is 17.4. The lowest BCUT2D eigenvalue weighted by Crippen LogP contribution is -2.23. The molecule has 0 unspecified atom stereocenters. The molecule has 0 spiro atoms. The summed E-state index contributed by atoms with van der Waals surface area (Å²) in [5, 5.41) is 1.14. The van der Waals surface area contributed by atoms with Gasteiger partial charge in [-0.1, -0.05) is 6.08 Å². The molecule has 148 valence electrons. The van der Waals surface area contributed by atoms with E-state index in [9.17, 15) is 0 Å². The third-order valence-corrected chi connectivity index (χ3v) is 5.86. The van der Waals surface area contributed by atoms with Crippen molar-refractivity contribution < 1.29 is 0 Å². The van der Waals surface area contributed by atoms with Gasteiger partial charge in [-0.15, -0.1) is 0 Å². The number of nitrogens with one attached hydrogen (secondary N) is 1. The Labute approximate surface area is 170 Å². The first-order valence-electron chi connectivity index (χ1n) is 10.2. The summed E-state index contributed by atoms with van der Waals surface area (Å²) in [6, 6.07) is 4.80. The van der Waals surface area contributed by atoms with Crippen molar-refractivity contribution in [2.75, 3.05) is 20.1 Å². The Hall–Kier alpha value is -2.99. The van der Waals surface area contributed by atoms with Crippen LogP contribution in [0.3, 0.4) is 0 Å². The Morgan fingerprint density at radius 1 is 1.10 bits per heavy atom. The van der Waals surface area contributed by atoms with Gasteiger partial charge < -0.3 is 14.5 Å². The predicted octanol–water partition coefficient (Wildman–Crippen LogP) is 4.58. The third kappa shape index (κ3) is 3.04. The Balaban J connectivity index is 1.63. The zero-order valence-electron chi connectivity index (χ0n) is 17.4. The highest BCUT2D eigenvalue weighted by Crippen LogP contribution is 2.32. The maximum Gasteiger partial charge on any atom is 0.177 e. The maximum atomic E-state index is 4.69. The van der Waals surface area contributed by atoms with Crippen molar-refractivity contribution in [3.63, 3.8) is 0 Å². The van der Waals surface area contributed by atoms with E-state index in [4.69, 9.17) is 0 Å². The number of aryl methyl sites for hydroxylation is 1. The van der Waals surface area contributed by atoms with Crippen LogP contribution >= 0.6 is 0 Å². The van der Waals surface area contributed by atoms with Crippen LogP contribution in [0.2, 0.25) is 0 Å². The largest absolute Gasteiger partial charge is 0.346 e. The number of aromatic nitrogens is 5. The molecule has 4 aromatic heterocycles. The Morgan fingerprint density at radius 3 is 2.69 bits per heavy atom. The summed E-state index contributed by atoms with van der Waals surface area (Å²) in [7, 11) is 2.16. The minimum absolute atomic E-state index is 0.338. The van der Waals surface area contributed by atoms with Gasteiger partial charge in [-0.05, 0) is 57.5 Å². The summed E-state index contributed by atoms with van der Waals surface area (Å²) < 4.78 is 2.24. The van der Waals surface area contributed by atoms with Crippen LogP contribution in [0.4, 0.5) is 0 Å². The number of pyridine rings is 2. The summed E-state index contributed by atoms with van der Waals surface area (Å²) in [5.41, 5.74) is 7.59. The topological polar surface area (TPSA) is 62.6 Å². The van der Waals surface area contributed by atoms with Crippen LogP contribution in [-0.2, 0) is 0 Å². The van der Waals surface area contributed by atoms with Gasteiger partial charge in [0, 0.05) is 54.2 Å². The molecule has 0 bridgehead atoms. The minimum atomic E-state index is 0.338. The van der Waals surface area contributed by atoms with Crippen molar-refractivity contribution in [2.24, 2.45) is 0 Å². The van der Waals surface area contributed by atoms with Crippen LogP contribution in [0.5, 0.6) is 0 Å². The van der Waals surface area contributed by atoms with Crippen molar-refractivity contribution in [1.82, 2.24) is 29.4 Å². The van der Waals surface area contributed by atoms with E-state index in [1.165, 1.54) is 11.1 Å². The molecule has 0 aromatic carbocycles. The average Bonchev–Trinajstić information content (AvgIpc) is 3.27. The smallest absolute Gasteiger partial charge is 0.177 e. The normalized spacial score (nSPS) is 15.6. The van der Waals surface area contributed by atoms with E-state index in [1.807, 2.05) is 25.5 Å². The fraction of sp³-hybridized carbons (Fsp3) is 0.348. The molecule has 0 radical (unpaired) electrons. The fourth-order valence-corrected chi connectivity index (χ4v) is 4.34. The van der Waals surface area contributed by atoms with Crippen molar-refractivity contribution in [3.05, 3.63) is 48.2 Å². The van der Waals surface area contributed by atoms with Gasteiger partial charge in [-0.2, -0.15) is 0 Å². The molecule has 29 heavy (non-hydrogen) atoms. The highest BCUT2D eigenvalue weighted by atomic mass is 15.1. The van der Waals surface area contributed by atoms with E-state index in [0.29, 0.717) is 6.04 Å². The number of imidazole rings is 1. The molecule has 0 saturated heterocycles. The molecular formula is C23H26N6. The molecule has 0 fully saturated rings. The molecule has 5 heterocycles. The molecule has 6 nitrogen and oxygen atoms in total. The number of likely N-dealkylation sites (N-methyl/N-ethyl adjacent to an activating group) is 1. The Kier molecular flexibility index (Phi) is 4.24. The molecule has 0 aliphatic carbocycles. The van der Waals surface area contributed by atoms with Gasteiger partial charge in [-0.3, -0.25) is 0 Å². The van der Waals surface area contributed by atoms with Gasteiger partial charge in [0.25, 0.3) is 0 Å². The summed E-state index contributed by atoms with van der Waals surface area (Å²) in [4.78, 5) is 19.6. The van der Waals surface area contributed by atoms with E-state index >= 15 is 0 Å². The third-order valence-electron chi connectivity index (χ3n) is 5.86. The summed E-state index contributed by atoms with van der Waals surface area (Å²) in [5.74, 6) is 0.997. The van der Waals surface area contributed by atoms with Gasteiger partial charge in [0.15, 0.2) is 5.65 Å². The van der Waals surface area contributed by atoms with Crippen LogP contribution in [0.1, 0.15) is 37.7 Å². The molecular weight excluding hydrogens is 360 g/mol. The number of hydrogen-bond donors (Lipinski definition) is 1. The second-order valence-electron chi connectivity index (χ2n) is 8.25. The van der Waals surface area contributed by atoms with Crippen LogP contribution in [0.15, 0.2) is 36.8 Å². The quantitative estimate of drug-likeness (QED) is 0.560. The van der Waals surface area contributed by atoms with Crippen molar-refractivity contribution >= 4 is 27.8 Å². The van der Waals surface area contributed by atoms with Crippen molar-refractivity contribution in [3.8, 4) is 11.1 Å². The van der Waals surface area contributed by atoms with Gasteiger partial charge in [0.2, 0.25) is 0 Å². The Bertz CT molecular complexity index is 1240. The van der Waals surface area contributed by atoms with E-state index in [-0.39, 0.29) is 0 Å². The van der Waals surface area contributed by atoms with Gasteiger partial charge in [0.05, 0.1) is 5.52 Å². The number of rotatable bonds is 3. The van der Waals surface area contributed by atoms with Crippen LogP contribution in [-0.4, -0.2) is 49.5 Å². The lowest BCUT2D eigenvalue weighted by atomic mass is 9.99. The van der Waals surface area contributed by atoms with E-state index in [2.05, 4.69) is 68.5 Å². The highest BCUT2D eigenvalue weighted by molar-refractivity contribution is 5.96. The molecule has 1 N–H and O–H groups in total. The van der Waals surface area contributed by atoms with Crippen LogP contribution in [0, 0.1) is 6.92 Å². The number of fused-ring (bicyclic) bond motifs is 2. The van der Waals surface area contributed by atoms with Gasteiger partial charge in [-0.25, -0.2) is 15.0 Å². The monoisotopic (exact) mass is 386 g/mol. The van der Waals surface area contributed by atoms with E-state index < -0.39 is 0 Å². The molecule has 6 heteroatoms. The second kappa shape index (κ2) is 6.81. The molecule has 0 amide bonds. The standard InChI is InChI=1S/C23H26N6/c1-14(2)29-15(3)27-23-21(29)10-18(12-25-23)20-13-26-22-19(20)9-17(11-24-22)16-5-7-28(4)8-6-16/h5,9-14H,6-8H2,1-4H3,(H,24,26). The predicted molar refractivity (Wildman–Crippen MR) is 118 cm³/mol. The molecule has 1 aliphatic rings. The highest BCUT2D eigenvalue weighted by Gasteiger charge is 2.16. The molecule has 5 rings (SSSR count).